The van der Waals surface area contributed by atoms with Gasteiger partial charge >= 0.3 is 0 Å². The normalized spacial score (nSPS) is 25.4. The average molecular weight is 477 g/mol. The molecule has 2 aromatic carbocycles. The molecule has 2 aromatic rings. The van der Waals surface area contributed by atoms with Gasteiger partial charge in [0.15, 0.2) is 23.2 Å². The van der Waals surface area contributed by atoms with Gasteiger partial charge < -0.3 is 4.74 Å². The minimum Gasteiger partial charge on any atom is -0.490 e. The van der Waals surface area contributed by atoms with Gasteiger partial charge in [-0.15, -0.1) is 0 Å². The van der Waals surface area contributed by atoms with Crippen LogP contribution < -0.4 is 4.74 Å². The zero-order chi connectivity index (χ0) is 24.2. The maximum Gasteiger partial charge on any atom is 0.200 e. The molecule has 2 saturated carbocycles. The van der Waals surface area contributed by atoms with Crippen LogP contribution in [0.15, 0.2) is 24.3 Å². The Morgan fingerprint density at radius 2 is 1.21 bits per heavy atom. The van der Waals surface area contributed by atoms with Crippen molar-refractivity contribution in [3.8, 4) is 5.75 Å². The van der Waals surface area contributed by atoms with Gasteiger partial charge in [-0.1, -0.05) is 38.0 Å². The summed E-state index contributed by atoms with van der Waals surface area (Å²) in [6.07, 6.45) is 9.40. The molecule has 0 bridgehead atoms. The summed E-state index contributed by atoms with van der Waals surface area (Å²) in [7, 11) is 0. The van der Waals surface area contributed by atoms with E-state index in [1.165, 1.54) is 12.8 Å². The molecule has 4 rings (SSSR count). The Morgan fingerprint density at radius 3 is 1.79 bits per heavy atom. The van der Waals surface area contributed by atoms with Crippen molar-refractivity contribution < 1.29 is 22.3 Å². The molecule has 186 valence electrons. The van der Waals surface area contributed by atoms with E-state index in [1.54, 1.807) is 31.2 Å². The topological polar surface area (TPSA) is 9.23 Å². The van der Waals surface area contributed by atoms with Crippen LogP contribution in [-0.4, -0.2) is 6.61 Å². The molecule has 0 spiro atoms. The van der Waals surface area contributed by atoms with Crippen LogP contribution in [0.5, 0.6) is 5.75 Å². The molecule has 2 aliphatic carbocycles. The molecule has 1 nitrogen and oxygen atoms in total. The highest BCUT2D eigenvalue weighted by molar-refractivity contribution is 5.33. The number of halogens is 4. The lowest BCUT2D eigenvalue weighted by Gasteiger charge is -2.30. The molecule has 5 heteroatoms. The molecular formula is C29H36F4O. The number of ether oxygens (including phenoxy) is 1. The summed E-state index contributed by atoms with van der Waals surface area (Å²) in [6.45, 7) is 4.05. The highest BCUT2D eigenvalue weighted by Crippen LogP contribution is 2.41. The molecule has 0 atom stereocenters. The Bertz CT molecular complexity index is 973. The van der Waals surface area contributed by atoms with E-state index in [4.69, 9.17) is 4.74 Å². The van der Waals surface area contributed by atoms with Gasteiger partial charge in [-0.25, -0.2) is 13.2 Å². The number of hydrogen-bond acceptors (Lipinski definition) is 1. The molecular weight excluding hydrogens is 440 g/mol. The summed E-state index contributed by atoms with van der Waals surface area (Å²) >= 11 is 0. The van der Waals surface area contributed by atoms with Crippen molar-refractivity contribution >= 4 is 0 Å². The lowest BCUT2D eigenvalue weighted by atomic mass is 9.77. The van der Waals surface area contributed by atoms with Crippen LogP contribution in [0.1, 0.15) is 99.7 Å². The Hall–Kier alpha value is -2.04. The van der Waals surface area contributed by atoms with Crippen molar-refractivity contribution in [1.29, 1.82) is 0 Å². The van der Waals surface area contributed by atoms with Crippen molar-refractivity contribution in [2.45, 2.75) is 89.9 Å². The zero-order valence-corrected chi connectivity index (χ0v) is 20.3. The predicted molar refractivity (Wildman–Crippen MR) is 127 cm³/mol. The van der Waals surface area contributed by atoms with Gasteiger partial charge in [-0.05, 0) is 105 Å². The maximum atomic E-state index is 14.9. The summed E-state index contributed by atoms with van der Waals surface area (Å²) in [5, 5.41) is 0. The smallest absolute Gasteiger partial charge is 0.200 e. The molecule has 2 aliphatic rings. The molecule has 2 fully saturated rings. The monoisotopic (exact) mass is 476 g/mol. The van der Waals surface area contributed by atoms with Crippen LogP contribution in [0.4, 0.5) is 17.6 Å². The predicted octanol–water partition coefficient (Wildman–Crippen LogP) is 8.98. The van der Waals surface area contributed by atoms with Crippen molar-refractivity contribution in [2.75, 3.05) is 6.61 Å². The van der Waals surface area contributed by atoms with Crippen molar-refractivity contribution in [3.63, 3.8) is 0 Å². The van der Waals surface area contributed by atoms with Gasteiger partial charge in [-0.2, -0.15) is 4.39 Å². The lowest BCUT2D eigenvalue weighted by molar-refractivity contribution is 0.191. The summed E-state index contributed by atoms with van der Waals surface area (Å²) in [5.41, 5.74) is 1.23. The molecule has 0 unspecified atom stereocenters. The van der Waals surface area contributed by atoms with E-state index in [9.17, 15) is 17.6 Å². The number of rotatable bonds is 7. The van der Waals surface area contributed by atoms with E-state index < -0.39 is 23.3 Å². The second-order valence-corrected chi connectivity index (χ2v) is 10.4. The Balaban J connectivity index is 1.31. The highest BCUT2D eigenvalue weighted by Gasteiger charge is 2.28. The molecule has 0 aromatic heterocycles. The van der Waals surface area contributed by atoms with Crippen LogP contribution in [0.3, 0.4) is 0 Å². The van der Waals surface area contributed by atoms with Gasteiger partial charge in [0.2, 0.25) is 5.82 Å². The molecule has 34 heavy (non-hydrogen) atoms. The maximum absolute atomic E-state index is 14.9. The first-order chi connectivity index (χ1) is 16.4. The molecule has 0 amide bonds. The molecule has 0 heterocycles. The second-order valence-electron chi connectivity index (χ2n) is 10.4. The van der Waals surface area contributed by atoms with Crippen LogP contribution in [0.2, 0.25) is 0 Å². The lowest BCUT2D eigenvalue weighted by Crippen LogP contribution is -2.20. The minimum absolute atomic E-state index is 0.0211. The van der Waals surface area contributed by atoms with E-state index in [0.717, 1.165) is 51.4 Å². The average Bonchev–Trinajstić information content (AvgIpc) is 2.85. The van der Waals surface area contributed by atoms with Crippen molar-refractivity contribution in [2.24, 2.45) is 11.8 Å². The summed E-state index contributed by atoms with van der Waals surface area (Å²) < 4.78 is 63.6. The van der Waals surface area contributed by atoms with E-state index in [1.807, 2.05) is 0 Å². The Kier molecular flexibility index (Phi) is 8.21. The van der Waals surface area contributed by atoms with Gasteiger partial charge in [0, 0.05) is 0 Å². The van der Waals surface area contributed by atoms with Crippen molar-refractivity contribution in [1.82, 2.24) is 0 Å². The van der Waals surface area contributed by atoms with Crippen LogP contribution in [-0.2, 0) is 0 Å². The molecule has 0 radical (unpaired) electrons. The van der Waals surface area contributed by atoms with Crippen LogP contribution in [0, 0.1) is 42.0 Å². The number of benzene rings is 2. The minimum atomic E-state index is -0.890. The summed E-state index contributed by atoms with van der Waals surface area (Å²) in [4.78, 5) is 0. The Labute approximate surface area is 200 Å². The summed E-state index contributed by atoms with van der Waals surface area (Å²) in [6, 6.07) is 6.58. The van der Waals surface area contributed by atoms with Crippen LogP contribution >= 0.6 is 0 Å². The van der Waals surface area contributed by atoms with Gasteiger partial charge in [-0.3, -0.25) is 0 Å². The quantitative estimate of drug-likeness (QED) is 0.362. The third-order valence-electron chi connectivity index (χ3n) is 8.13. The van der Waals surface area contributed by atoms with Crippen molar-refractivity contribution in [3.05, 3.63) is 64.2 Å². The molecule has 0 aliphatic heterocycles. The fourth-order valence-electron chi connectivity index (χ4n) is 5.97. The summed E-state index contributed by atoms with van der Waals surface area (Å²) in [5.74, 6) is -2.23. The first-order valence-corrected chi connectivity index (χ1v) is 12.9. The van der Waals surface area contributed by atoms with Crippen LogP contribution in [0.25, 0.3) is 0 Å². The fraction of sp³-hybridized carbons (Fsp3) is 0.586. The zero-order valence-electron chi connectivity index (χ0n) is 20.3. The van der Waals surface area contributed by atoms with E-state index in [2.05, 4.69) is 6.92 Å². The third-order valence-corrected chi connectivity index (χ3v) is 8.13. The first-order valence-electron chi connectivity index (χ1n) is 12.9. The third kappa shape index (κ3) is 5.44. The first kappa shape index (κ1) is 25.1. The van der Waals surface area contributed by atoms with E-state index in [0.29, 0.717) is 29.2 Å². The van der Waals surface area contributed by atoms with Gasteiger partial charge in [0.05, 0.1) is 6.61 Å². The number of hydrogen-bond donors (Lipinski definition) is 0. The highest BCUT2D eigenvalue weighted by atomic mass is 19.2. The van der Waals surface area contributed by atoms with E-state index >= 15 is 0 Å². The number of aryl methyl sites for hydroxylation is 1. The largest absolute Gasteiger partial charge is 0.490 e. The fourth-order valence-corrected chi connectivity index (χ4v) is 5.97. The van der Waals surface area contributed by atoms with E-state index in [-0.39, 0.29) is 23.5 Å². The molecule has 0 saturated heterocycles. The SMILES string of the molecule is CCCC1CCC(c2ccc(OCC3CCC(c4ccc(C)c(F)c4F)CC3)c(F)c2F)CC1. The second kappa shape index (κ2) is 11.1. The van der Waals surface area contributed by atoms with Gasteiger partial charge in [0.1, 0.15) is 0 Å². The van der Waals surface area contributed by atoms with Gasteiger partial charge in [0.25, 0.3) is 0 Å². The molecule has 0 N–H and O–H groups in total. The standard InChI is InChI=1S/C29H36F4O/c1-3-4-19-6-10-21(11-7-19)24-15-16-25(29(33)28(24)32)34-17-20-8-12-22(13-9-20)23-14-5-18(2)26(30)27(23)31/h5,14-16,19-22H,3-4,6-13,17H2,1-2H3. The Morgan fingerprint density at radius 1 is 0.676 bits per heavy atom.